The number of rotatable bonds is 2. The van der Waals surface area contributed by atoms with Gasteiger partial charge in [0.15, 0.2) is 0 Å². The van der Waals surface area contributed by atoms with Crippen LogP contribution in [0.15, 0.2) is 0 Å². The van der Waals surface area contributed by atoms with E-state index >= 15 is 0 Å². The molecule has 0 aromatic carbocycles. The molecule has 1 saturated heterocycles. The SMILES string of the molecule is CN(C)C1CCSC1CN. The predicted octanol–water partition coefficient (Wildman–Crippen LogP) is 0.381. The molecule has 1 heterocycles. The van der Waals surface area contributed by atoms with Crippen LogP contribution in [0, 0.1) is 0 Å². The number of nitrogens with zero attached hydrogens (tertiary/aromatic N) is 1. The molecule has 0 aromatic rings. The molecule has 1 aliphatic heterocycles. The molecule has 1 aliphatic rings. The van der Waals surface area contributed by atoms with Gasteiger partial charge in [-0.15, -0.1) is 0 Å². The predicted molar refractivity (Wildman–Crippen MR) is 47.4 cm³/mol. The van der Waals surface area contributed by atoms with Crippen LogP contribution in [0.4, 0.5) is 0 Å². The molecule has 0 saturated carbocycles. The van der Waals surface area contributed by atoms with E-state index in [4.69, 9.17) is 5.73 Å². The molecular weight excluding hydrogens is 144 g/mol. The Morgan fingerprint density at radius 2 is 2.30 bits per heavy atom. The zero-order valence-corrected chi connectivity index (χ0v) is 7.53. The average Bonchev–Trinajstić information content (AvgIpc) is 2.33. The minimum atomic E-state index is 0.676. The normalized spacial score (nSPS) is 33.6. The van der Waals surface area contributed by atoms with Gasteiger partial charge in [-0.3, -0.25) is 0 Å². The molecule has 0 spiro atoms. The van der Waals surface area contributed by atoms with Crippen LogP contribution in [-0.4, -0.2) is 42.6 Å². The van der Waals surface area contributed by atoms with Gasteiger partial charge in [0.05, 0.1) is 0 Å². The van der Waals surface area contributed by atoms with Gasteiger partial charge in [0, 0.05) is 17.8 Å². The van der Waals surface area contributed by atoms with Gasteiger partial charge in [-0.25, -0.2) is 0 Å². The van der Waals surface area contributed by atoms with Gasteiger partial charge in [0.25, 0.3) is 0 Å². The molecule has 1 fully saturated rings. The first-order valence-electron chi connectivity index (χ1n) is 3.74. The molecule has 2 N–H and O–H groups in total. The summed E-state index contributed by atoms with van der Waals surface area (Å²) in [6, 6.07) is 0.718. The lowest BCUT2D eigenvalue weighted by Crippen LogP contribution is -2.37. The second-order valence-electron chi connectivity index (χ2n) is 2.96. The summed E-state index contributed by atoms with van der Waals surface area (Å²) in [4.78, 5) is 2.29. The maximum atomic E-state index is 5.61. The fourth-order valence-corrected chi connectivity index (χ4v) is 2.87. The number of thioether (sulfide) groups is 1. The fraction of sp³-hybridized carbons (Fsp3) is 1.00. The van der Waals surface area contributed by atoms with Gasteiger partial charge in [-0.2, -0.15) is 11.8 Å². The van der Waals surface area contributed by atoms with Crippen molar-refractivity contribution >= 4 is 11.8 Å². The molecule has 0 bridgehead atoms. The maximum Gasteiger partial charge on any atom is 0.0325 e. The van der Waals surface area contributed by atoms with Crippen LogP contribution in [0.3, 0.4) is 0 Å². The number of hydrogen-bond acceptors (Lipinski definition) is 3. The summed E-state index contributed by atoms with van der Waals surface area (Å²) in [5.74, 6) is 1.28. The third-order valence-electron chi connectivity index (χ3n) is 2.07. The van der Waals surface area contributed by atoms with Gasteiger partial charge in [-0.05, 0) is 26.3 Å². The van der Waals surface area contributed by atoms with Crippen LogP contribution in [-0.2, 0) is 0 Å². The van der Waals surface area contributed by atoms with Crippen LogP contribution in [0.2, 0.25) is 0 Å². The third-order valence-corrected chi connectivity index (χ3v) is 3.48. The third kappa shape index (κ3) is 1.65. The van der Waals surface area contributed by atoms with Crippen molar-refractivity contribution in [2.24, 2.45) is 5.73 Å². The van der Waals surface area contributed by atoms with Crippen molar-refractivity contribution < 1.29 is 0 Å². The van der Waals surface area contributed by atoms with Crippen molar-refractivity contribution in [2.45, 2.75) is 17.7 Å². The van der Waals surface area contributed by atoms with Crippen LogP contribution < -0.4 is 5.73 Å². The van der Waals surface area contributed by atoms with Crippen molar-refractivity contribution in [1.29, 1.82) is 0 Å². The summed E-state index contributed by atoms with van der Waals surface area (Å²) >= 11 is 2.01. The fourth-order valence-electron chi connectivity index (χ4n) is 1.45. The molecule has 0 radical (unpaired) electrons. The molecule has 2 unspecified atom stereocenters. The van der Waals surface area contributed by atoms with Gasteiger partial charge < -0.3 is 10.6 Å². The monoisotopic (exact) mass is 160 g/mol. The van der Waals surface area contributed by atoms with Crippen molar-refractivity contribution in [2.75, 3.05) is 26.4 Å². The molecule has 0 aromatic heterocycles. The van der Waals surface area contributed by atoms with Gasteiger partial charge in [0.2, 0.25) is 0 Å². The topological polar surface area (TPSA) is 29.3 Å². The minimum Gasteiger partial charge on any atom is -0.329 e. The second kappa shape index (κ2) is 3.60. The van der Waals surface area contributed by atoms with E-state index in [-0.39, 0.29) is 0 Å². The van der Waals surface area contributed by atoms with E-state index in [2.05, 4.69) is 19.0 Å². The van der Waals surface area contributed by atoms with E-state index in [0.717, 1.165) is 12.6 Å². The van der Waals surface area contributed by atoms with Crippen LogP contribution in [0.5, 0.6) is 0 Å². The lowest BCUT2D eigenvalue weighted by Gasteiger charge is -2.23. The summed E-state index contributed by atoms with van der Waals surface area (Å²) < 4.78 is 0. The smallest absolute Gasteiger partial charge is 0.0325 e. The highest BCUT2D eigenvalue weighted by atomic mass is 32.2. The first-order valence-corrected chi connectivity index (χ1v) is 4.78. The highest BCUT2D eigenvalue weighted by molar-refractivity contribution is 8.00. The van der Waals surface area contributed by atoms with E-state index in [1.165, 1.54) is 12.2 Å². The van der Waals surface area contributed by atoms with Crippen LogP contribution in [0.25, 0.3) is 0 Å². The van der Waals surface area contributed by atoms with E-state index < -0.39 is 0 Å². The van der Waals surface area contributed by atoms with Gasteiger partial charge in [0.1, 0.15) is 0 Å². The van der Waals surface area contributed by atoms with Crippen molar-refractivity contribution in [1.82, 2.24) is 4.90 Å². The highest BCUT2D eigenvalue weighted by Gasteiger charge is 2.27. The van der Waals surface area contributed by atoms with Crippen molar-refractivity contribution in [3.05, 3.63) is 0 Å². The first kappa shape index (κ1) is 8.37. The summed E-state index contributed by atoms with van der Waals surface area (Å²) in [5.41, 5.74) is 5.61. The molecule has 3 heteroatoms. The highest BCUT2D eigenvalue weighted by Crippen LogP contribution is 2.28. The number of hydrogen-bond donors (Lipinski definition) is 1. The van der Waals surface area contributed by atoms with Crippen LogP contribution >= 0.6 is 11.8 Å². The zero-order valence-electron chi connectivity index (χ0n) is 6.71. The molecule has 2 atom stereocenters. The summed E-state index contributed by atoms with van der Waals surface area (Å²) in [5, 5.41) is 0.676. The lowest BCUT2D eigenvalue weighted by atomic mass is 10.1. The Morgan fingerprint density at radius 3 is 2.70 bits per heavy atom. The van der Waals surface area contributed by atoms with Gasteiger partial charge in [-0.1, -0.05) is 0 Å². The Bertz CT molecular complexity index is 106. The Hall–Kier alpha value is 0.270. The molecule has 0 amide bonds. The Balaban J connectivity index is 2.42. The Kier molecular flexibility index (Phi) is 3.01. The zero-order chi connectivity index (χ0) is 7.56. The van der Waals surface area contributed by atoms with E-state index in [1.807, 2.05) is 11.8 Å². The largest absolute Gasteiger partial charge is 0.329 e. The van der Waals surface area contributed by atoms with E-state index in [0.29, 0.717) is 5.25 Å². The minimum absolute atomic E-state index is 0.676. The summed E-state index contributed by atoms with van der Waals surface area (Å²) in [6.45, 7) is 0.827. The molecule has 0 aliphatic carbocycles. The molecule has 60 valence electrons. The summed E-state index contributed by atoms with van der Waals surface area (Å²) in [6.07, 6.45) is 1.31. The van der Waals surface area contributed by atoms with Crippen molar-refractivity contribution in [3.63, 3.8) is 0 Å². The lowest BCUT2D eigenvalue weighted by molar-refractivity contribution is 0.291. The van der Waals surface area contributed by atoms with Crippen LogP contribution in [0.1, 0.15) is 6.42 Å². The molecule has 2 nitrogen and oxygen atoms in total. The second-order valence-corrected chi connectivity index (χ2v) is 4.31. The van der Waals surface area contributed by atoms with E-state index in [1.54, 1.807) is 0 Å². The molecule has 1 rings (SSSR count). The van der Waals surface area contributed by atoms with Gasteiger partial charge >= 0.3 is 0 Å². The van der Waals surface area contributed by atoms with E-state index in [9.17, 15) is 0 Å². The Labute approximate surface area is 67.1 Å². The first-order chi connectivity index (χ1) is 4.75. The Morgan fingerprint density at radius 1 is 1.60 bits per heavy atom. The number of nitrogens with two attached hydrogens (primary N) is 1. The van der Waals surface area contributed by atoms with Crippen molar-refractivity contribution in [3.8, 4) is 0 Å². The quantitative estimate of drug-likeness (QED) is 0.633. The molecular formula is C7H16N2S. The maximum absolute atomic E-state index is 5.61. The molecule has 10 heavy (non-hydrogen) atoms. The average molecular weight is 160 g/mol. The summed E-state index contributed by atoms with van der Waals surface area (Å²) in [7, 11) is 4.28. The standard InChI is InChI=1S/C7H16N2S/c1-9(2)6-3-4-10-7(6)5-8/h6-7H,3-5,8H2,1-2H3.